The molecule has 4 aromatic rings. The van der Waals surface area contributed by atoms with Crippen LogP contribution in [0.3, 0.4) is 0 Å². The summed E-state index contributed by atoms with van der Waals surface area (Å²) in [6.45, 7) is 2.33. The van der Waals surface area contributed by atoms with Crippen molar-refractivity contribution in [3.05, 3.63) is 85.0 Å². The molecule has 0 saturated carbocycles. The maximum atomic E-state index is 13.8. The molecule has 5 rings (SSSR count). The Hall–Kier alpha value is -3.08. The highest BCUT2D eigenvalue weighted by Crippen LogP contribution is 2.31. The molecule has 1 saturated heterocycles. The number of benzene rings is 1. The number of aromatic nitrogens is 1. The summed E-state index contributed by atoms with van der Waals surface area (Å²) >= 11 is 7.02. The normalized spacial score (nSPS) is 13.9. The average Bonchev–Trinajstić information content (AvgIpc) is 3.60. The number of para-hydroxylation sites is 1. The van der Waals surface area contributed by atoms with Gasteiger partial charge in [-0.3, -0.25) is 9.59 Å². The Labute approximate surface area is 215 Å². The molecule has 0 aliphatic carbocycles. The van der Waals surface area contributed by atoms with E-state index in [4.69, 9.17) is 4.74 Å². The Morgan fingerprint density at radius 2 is 1.80 bits per heavy atom. The van der Waals surface area contributed by atoms with E-state index in [1.165, 1.54) is 11.3 Å². The summed E-state index contributed by atoms with van der Waals surface area (Å²) in [6, 6.07) is 13.3. The monoisotopic (exact) mass is 525 g/mol. The van der Waals surface area contributed by atoms with Crippen molar-refractivity contribution in [2.75, 3.05) is 37.0 Å². The minimum Gasteiger partial charge on any atom is -0.451 e. The number of thiol groups is 1. The zero-order chi connectivity index (χ0) is 24.4. The topological polar surface area (TPSA) is 71.8 Å². The van der Waals surface area contributed by atoms with Gasteiger partial charge < -0.3 is 19.1 Å². The number of hydrogen-bond donors (Lipinski definition) is 1. The van der Waals surface area contributed by atoms with E-state index in [-0.39, 0.29) is 17.4 Å². The number of rotatable bonds is 6. The fraction of sp³-hybridized carbons (Fsp3) is 0.240. The van der Waals surface area contributed by atoms with Gasteiger partial charge in [0, 0.05) is 31.6 Å². The van der Waals surface area contributed by atoms with Gasteiger partial charge in [0.15, 0.2) is 0 Å². The highest BCUT2D eigenvalue weighted by atomic mass is 32.1. The van der Waals surface area contributed by atoms with E-state index >= 15 is 0 Å². The molecule has 0 spiro atoms. The number of esters is 1. The second kappa shape index (κ2) is 10.3. The molecule has 3 aromatic heterocycles. The fourth-order valence-corrected chi connectivity index (χ4v) is 5.91. The number of fused-ring (bicyclic) bond motifs is 1. The Balaban J connectivity index is 1.57. The number of ether oxygens (including phenoxy) is 1. The van der Waals surface area contributed by atoms with Gasteiger partial charge in [0.2, 0.25) is 0 Å². The molecule has 1 aliphatic heterocycles. The van der Waals surface area contributed by atoms with Crippen molar-refractivity contribution in [1.82, 2.24) is 9.47 Å². The number of carbonyl (C=O) groups is 2. The van der Waals surface area contributed by atoms with Gasteiger partial charge in [-0.15, -0.1) is 24.0 Å². The largest absolute Gasteiger partial charge is 0.451 e. The smallest absolute Gasteiger partial charge is 0.346 e. The molecular formula is C25H23N3O4S3. The number of hydrogen-bond acceptors (Lipinski definition) is 8. The maximum Gasteiger partial charge on any atom is 0.346 e. The first-order valence-electron chi connectivity index (χ1n) is 11.1. The minimum atomic E-state index is -0.693. The van der Waals surface area contributed by atoms with Crippen LogP contribution < -0.4 is 10.5 Å². The first-order valence-corrected chi connectivity index (χ1v) is 13.6. The number of carbonyl (C=O) groups excluding carboxylic acids is 2. The van der Waals surface area contributed by atoms with Gasteiger partial charge in [0.25, 0.3) is 11.5 Å². The van der Waals surface area contributed by atoms with E-state index in [1.807, 2.05) is 68.4 Å². The Morgan fingerprint density at radius 3 is 2.49 bits per heavy atom. The molecule has 10 heteroatoms. The van der Waals surface area contributed by atoms with Crippen LogP contribution in [0.2, 0.25) is 0 Å². The minimum absolute atomic E-state index is 0.00500. The van der Waals surface area contributed by atoms with Crippen LogP contribution in [0.25, 0.3) is 10.9 Å². The van der Waals surface area contributed by atoms with Gasteiger partial charge in [0.05, 0.1) is 22.6 Å². The third-order valence-electron chi connectivity index (χ3n) is 6.08. The number of pyridine rings is 1. The van der Waals surface area contributed by atoms with E-state index in [1.54, 1.807) is 15.9 Å². The molecule has 0 bridgehead atoms. The van der Waals surface area contributed by atoms with Crippen molar-refractivity contribution in [3.8, 4) is 0 Å². The molecule has 0 unspecified atom stereocenters. The lowest BCUT2D eigenvalue weighted by atomic mass is 10.1. The second-order valence-electron chi connectivity index (χ2n) is 8.08. The van der Waals surface area contributed by atoms with Crippen molar-refractivity contribution in [1.29, 1.82) is 0 Å². The number of anilines is 1. The number of nitrogens with zero attached hydrogens (tertiary/aromatic N) is 3. The summed E-state index contributed by atoms with van der Waals surface area (Å²) in [6.07, 6.45) is 0. The van der Waals surface area contributed by atoms with Crippen LogP contribution in [0.1, 0.15) is 25.6 Å². The molecule has 1 aromatic carbocycles. The SMILES string of the molecule is O=C(OCS)c1c(N2CCN(C(=O)c3cccs3)CC2)c2ccccc2n(Cc2ccsc2)c1=O. The summed E-state index contributed by atoms with van der Waals surface area (Å²) in [5.74, 6) is -0.814. The zero-order valence-corrected chi connectivity index (χ0v) is 21.3. The van der Waals surface area contributed by atoms with E-state index in [0.717, 1.165) is 16.5 Å². The molecule has 1 fully saturated rings. The zero-order valence-electron chi connectivity index (χ0n) is 18.8. The lowest BCUT2D eigenvalue weighted by Gasteiger charge is -2.37. The molecule has 0 atom stereocenters. The van der Waals surface area contributed by atoms with Gasteiger partial charge in [-0.1, -0.05) is 24.3 Å². The Morgan fingerprint density at radius 1 is 1.00 bits per heavy atom. The van der Waals surface area contributed by atoms with Gasteiger partial charge in [-0.05, 0) is 39.9 Å². The van der Waals surface area contributed by atoms with Crippen LogP contribution in [-0.2, 0) is 11.3 Å². The van der Waals surface area contributed by atoms with Gasteiger partial charge in [-0.25, -0.2) is 4.79 Å². The summed E-state index contributed by atoms with van der Waals surface area (Å²) in [5.41, 5.74) is 1.91. The average molecular weight is 526 g/mol. The highest BCUT2D eigenvalue weighted by Gasteiger charge is 2.30. The highest BCUT2D eigenvalue weighted by molar-refractivity contribution is 7.80. The van der Waals surface area contributed by atoms with Crippen LogP contribution >= 0.6 is 35.3 Å². The first kappa shape index (κ1) is 23.7. The second-order valence-corrected chi connectivity index (χ2v) is 10.1. The Bertz CT molecular complexity index is 1410. The van der Waals surface area contributed by atoms with Crippen LogP contribution in [-0.4, -0.2) is 53.5 Å². The number of piperazine rings is 1. The fourth-order valence-electron chi connectivity index (χ4n) is 4.44. The van der Waals surface area contributed by atoms with Crippen molar-refractivity contribution in [3.63, 3.8) is 0 Å². The molecule has 7 nitrogen and oxygen atoms in total. The first-order chi connectivity index (χ1) is 17.1. The lowest BCUT2D eigenvalue weighted by molar-refractivity contribution is 0.0577. The van der Waals surface area contributed by atoms with Crippen molar-refractivity contribution >= 4 is 63.8 Å². The number of thiophene rings is 2. The predicted octanol–water partition coefficient (Wildman–Crippen LogP) is 4.18. The van der Waals surface area contributed by atoms with Crippen LogP contribution in [0.5, 0.6) is 0 Å². The van der Waals surface area contributed by atoms with Crippen LogP contribution in [0, 0.1) is 0 Å². The third kappa shape index (κ3) is 4.61. The quantitative estimate of drug-likeness (QED) is 0.232. The van der Waals surface area contributed by atoms with E-state index in [9.17, 15) is 14.4 Å². The van der Waals surface area contributed by atoms with Crippen molar-refractivity contribution in [2.45, 2.75) is 6.54 Å². The van der Waals surface area contributed by atoms with Crippen LogP contribution in [0.4, 0.5) is 5.69 Å². The summed E-state index contributed by atoms with van der Waals surface area (Å²) in [5, 5.41) is 6.64. The molecule has 0 radical (unpaired) electrons. The molecular weight excluding hydrogens is 502 g/mol. The molecule has 1 aliphatic rings. The predicted molar refractivity (Wildman–Crippen MR) is 143 cm³/mol. The lowest BCUT2D eigenvalue weighted by Crippen LogP contribution is -2.49. The van der Waals surface area contributed by atoms with E-state index in [2.05, 4.69) is 12.6 Å². The summed E-state index contributed by atoms with van der Waals surface area (Å²) in [4.78, 5) is 44.2. The molecule has 0 N–H and O–H groups in total. The van der Waals surface area contributed by atoms with E-state index < -0.39 is 11.5 Å². The van der Waals surface area contributed by atoms with Crippen LogP contribution in [0.15, 0.2) is 63.4 Å². The van der Waals surface area contributed by atoms with Gasteiger partial charge in [-0.2, -0.15) is 11.3 Å². The van der Waals surface area contributed by atoms with Gasteiger partial charge >= 0.3 is 5.97 Å². The van der Waals surface area contributed by atoms with Crippen molar-refractivity contribution in [2.24, 2.45) is 0 Å². The molecule has 4 heterocycles. The number of amides is 1. The molecule has 1 amide bonds. The van der Waals surface area contributed by atoms with Crippen molar-refractivity contribution < 1.29 is 14.3 Å². The standard InChI is InChI=1S/C25H23N3O4S3/c29-23(20-6-3-12-35-20)27-10-8-26(9-11-27)22-18-4-1-2-5-19(18)28(14-17-7-13-34-15-17)24(30)21(22)25(31)32-16-33/h1-7,12-13,15,33H,8-11,14,16H2. The molecule has 180 valence electrons. The third-order valence-corrected chi connectivity index (χ3v) is 7.80. The Kier molecular flexibility index (Phi) is 6.94. The summed E-state index contributed by atoms with van der Waals surface area (Å²) < 4.78 is 6.84. The summed E-state index contributed by atoms with van der Waals surface area (Å²) in [7, 11) is 0. The van der Waals surface area contributed by atoms with E-state index in [0.29, 0.717) is 43.3 Å². The van der Waals surface area contributed by atoms with Gasteiger partial charge in [0.1, 0.15) is 11.5 Å². The maximum absolute atomic E-state index is 13.8. The molecule has 35 heavy (non-hydrogen) atoms.